The van der Waals surface area contributed by atoms with Crippen molar-refractivity contribution in [3.05, 3.63) is 63.8 Å². The Morgan fingerprint density at radius 2 is 1.88 bits per heavy atom. The Bertz CT molecular complexity index is 984. The second-order valence-corrected chi connectivity index (χ2v) is 5.54. The molecule has 6 nitrogen and oxygen atoms in total. The molecule has 24 heavy (non-hydrogen) atoms. The third-order valence-corrected chi connectivity index (χ3v) is 4.01. The summed E-state index contributed by atoms with van der Waals surface area (Å²) in [6.45, 7) is 0.144. The molecule has 0 radical (unpaired) electrons. The summed E-state index contributed by atoms with van der Waals surface area (Å²) in [4.78, 5) is 24.0. The van der Waals surface area contributed by atoms with Gasteiger partial charge in [-0.2, -0.15) is 0 Å². The largest absolute Gasteiger partial charge is 0.507 e. The number of imidazole rings is 1. The minimum Gasteiger partial charge on any atom is -0.507 e. The van der Waals surface area contributed by atoms with E-state index in [0.29, 0.717) is 0 Å². The van der Waals surface area contributed by atoms with Crippen molar-refractivity contribution in [2.45, 2.75) is 6.54 Å². The number of benzene rings is 2. The van der Waals surface area contributed by atoms with Gasteiger partial charge >= 0.3 is 5.69 Å². The molecule has 3 aromatic rings. The van der Waals surface area contributed by atoms with Gasteiger partial charge in [0, 0.05) is 20.6 Å². The van der Waals surface area contributed by atoms with Gasteiger partial charge in [-0.05, 0) is 29.8 Å². The SMILES string of the molecule is Cn1c(=O)n(C)c2cc(CNC(=O)c3c(O)cccc3F)ccc21. The van der Waals surface area contributed by atoms with Crippen LogP contribution < -0.4 is 11.0 Å². The number of rotatable bonds is 3. The van der Waals surface area contributed by atoms with Gasteiger partial charge in [-0.15, -0.1) is 0 Å². The number of carbonyl (C=O) groups excluding carboxylic acids is 1. The molecule has 0 aliphatic heterocycles. The molecule has 0 bridgehead atoms. The van der Waals surface area contributed by atoms with E-state index in [1.54, 1.807) is 32.3 Å². The maximum absolute atomic E-state index is 13.7. The first-order valence-corrected chi connectivity index (χ1v) is 7.30. The molecule has 0 aliphatic rings. The molecule has 1 amide bonds. The van der Waals surface area contributed by atoms with Gasteiger partial charge in [-0.25, -0.2) is 9.18 Å². The zero-order chi connectivity index (χ0) is 17.4. The van der Waals surface area contributed by atoms with Gasteiger partial charge in [0.05, 0.1) is 11.0 Å². The van der Waals surface area contributed by atoms with Gasteiger partial charge in [0.25, 0.3) is 5.91 Å². The monoisotopic (exact) mass is 329 g/mol. The van der Waals surface area contributed by atoms with Crippen molar-refractivity contribution in [1.29, 1.82) is 0 Å². The van der Waals surface area contributed by atoms with Crippen LogP contribution in [0, 0.1) is 5.82 Å². The maximum atomic E-state index is 13.7. The second kappa shape index (κ2) is 5.84. The summed E-state index contributed by atoms with van der Waals surface area (Å²) in [5.74, 6) is -1.89. The molecule has 0 saturated heterocycles. The van der Waals surface area contributed by atoms with Crippen LogP contribution in [0.5, 0.6) is 5.75 Å². The number of phenols is 1. The van der Waals surface area contributed by atoms with Crippen LogP contribution in [-0.4, -0.2) is 20.1 Å². The van der Waals surface area contributed by atoms with Gasteiger partial charge in [0.15, 0.2) is 0 Å². The minimum atomic E-state index is -0.784. The van der Waals surface area contributed by atoms with Gasteiger partial charge in [0.1, 0.15) is 17.1 Å². The highest BCUT2D eigenvalue weighted by molar-refractivity contribution is 5.97. The molecule has 124 valence electrons. The normalized spacial score (nSPS) is 11.0. The van der Waals surface area contributed by atoms with Crippen molar-refractivity contribution >= 4 is 16.9 Å². The summed E-state index contributed by atoms with van der Waals surface area (Å²) >= 11 is 0. The number of nitrogens with one attached hydrogen (secondary N) is 1. The highest BCUT2D eigenvalue weighted by Gasteiger charge is 2.16. The first-order valence-electron chi connectivity index (χ1n) is 7.30. The molecule has 0 saturated carbocycles. The first-order chi connectivity index (χ1) is 11.4. The minimum absolute atomic E-state index is 0.137. The molecular weight excluding hydrogens is 313 g/mol. The van der Waals surface area contributed by atoms with Gasteiger partial charge in [0.2, 0.25) is 0 Å². The van der Waals surface area contributed by atoms with E-state index in [1.165, 1.54) is 21.3 Å². The lowest BCUT2D eigenvalue weighted by atomic mass is 10.1. The van der Waals surface area contributed by atoms with Crippen LogP contribution in [0.1, 0.15) is 15.9 Å². The van der Waals surface area contributed by atoms with E-state index in [0.717, 1.165) is 22.7 Å². The smallest absolute Gasteiger partial charge is 0.328 e. The Morgan fingerprint density at radius 3 is 2.58 bits per heavy atom. The Balaban J connectivity index is 1.85. The van der Waals surface area contributed by atoms with Gasteiger partial charge in [-0.1, -0.05) is 12.1 Å². The number of amides is 1. The molecule has 0 unspecified atom stereocenters. The Kier molecular flexibility index (Phi) is 3.84. The van der Waals surface area contributed by atoms with Crippen molar-refractivity contribution in [1.82, 2.24) is 14.5 Å². The zero-order valence-corrected chi connectivity index (χ0v) is 13.2. The average Bonchev–Trinajstić information content (AvgIpc) is 2.77. The fraction of sp³-hybridized carbons (Fsp3) is 0.176. The second-order valence-electron chi connectivity index (χ2n) is 5.54. The number of phenolic OH excluding ortho intramolecular Hbond substituents is 1. The van der Waals surface area contributed by atoms with E-state index < -0.39 is 17.5 Å². The Labute approximate surface area is 136 Å². The third-order valence-electron chi connectivity index (χ3n) is 4.01. The van der Waals surface area contributed by atoms with E-state index in [9.17, 15) is 19.1 Å². The molecule has 7 heteroatoms. The van der Waals surface area contributed by atoms with E-state index in [1.807, 2.05) is 0 Å². The fourth-order valence-electron chi connectivity index (χ4n) is 2.67. The maximum Gasteiger partial charge on any atom is 0.328 e. The van der Waals surface area contributed by atoms with Crippen LogP contribution in [0.3, 0.4) is 0 Å². The fourth-order valence-corrected chi connectivity index (χ4v) is 2.67. The van der Waals surface area contributed by atoms with Crippen LogP contribution in [-0.2, 0) is 20.6 Å². The standard InChI is InChI=1S/C17H16FN3O3/c1-20-12-7-6-10(8-13(12)21(2)17(20)24)9-19-16(23)15-11(18)4-3-5-14(15)22/h3-8,22H,9H2,1-2H3,(H,19,23). The summed E-state index contributed by atoms with van der Waals surface area (Å²) in [6.07, 6.45) is 0. The molecule has 1 aromatic heterocycles. The highest BCUT2D eigenvalue weighted by atomic mass is 19.1. The number of hydrogen-bond donors (Lipinski definition) is 2. The molecule has 2 N–H and O–H groups in total. The summed E-state index contributed by atoms with van der Waals surface area (Å²) in [5, 5.41) is 12.2. The quantitative estimate of drug-likeness (QED) is 0.767. The number of aromatic nitrogens is 2. The number of carbonyl (C=O) groups is 1. The third kappa shape index (κ3) is 2.54. The van der Waals surface area contributed by atoms with Crippen molar-refractivity contribution in [2.24, 2.45) is 14.1 Å². The summed E-state index contributed by atoms with van der Waals surface area (Å²) in [7, 11) is 3.36. The van der Waals surface area contributed by atoms with Crippen LogP contribution in [0.25, 0.3) is 11.0 Å². The summed E-state index contributed by atoms with van der Waals surface area (Å²) in [5.41, 5.74) is 1.76. The first kappa shape index (κ1) is 15.8. The number of fused-ring (bicyclic) bond motifs is 1. The van der Waals surface area contributed by atoms with Crippen LogP contribution in [0.2, 0.25) is 0 Å². The lowest BCUT2D eigenvalue weighted by Gasteiger charge is -2.08. The zero-order valence-electron chi connectivity index (χ0n) is 13.2. The van der Waals surface area contributed by atoms with E-state index in [2.05, 4.69) is 5.32 Å². The summed E-state index contributed by atoms with van der Waals surface area (Å²) in [6, 6.07) is 9.05. The average molecular weight is 329 g/mol. The highest BCUT2D eigenvalue weighted by Crippen LogP contribution is 2.20. The lowest BCUT2D eigenvalue weighted by molar-refractivity contribution is 0.0944. The van der Waals surface area contributed by atoms with Gasteiger partial charge < -0.3 is 10.4 Å². The Hall–Kier alpha value is -3.09. The van der Waals surface area contributed by atoms with Crippen molar-refractivity contribution in [2.75, 3.05) is 0 Å². The predicted molar refractivity (Wildman–Crippen MR) is 87.4 cm³/mol. The van der Waals surface area contributed by atoms with E-state index in [4.69, 9.17) is 0 Å². The molecular formula is C17H16FN3O3. The van der Waals surface area contributed by atoms with E-state index >= 15 is 0 Å². The number of halogens is 1. The van der Waals surface area contributed by atoms with Crippen molar-refractivity contribution < 1.29 is 14.3 Å². The molecule has 0 spiro atoms. The van der Waals surface area contributed by atoms with Crippen molar-refractivity contribution in [3.63, 3.8) is 0 Å². The Morgan fingerprint density at radius 1 is 1.17 bits per heavy atom. The predicted octanol–water partition coefficient (Wildman–Crippen LogP) is 1.65. The number of aryl methyl sites for hydroxylation is 2. The van der Waals surface area contributed by atoms with Crippen LogP contribution in [0.4, 0.5) is 4.39 Å². The number of hydrogen-bond acceptors (Lipinski definition) is 3. The van der Waals surface area contributed by atoms with Crippen LogP contribution in [0.15, 0.2) is 41.2 Å². The van der Waals surface area contributed by atoms with Gasteiger partial charge in [-0.3, -0.25) is 13.9 Å². The molecule has 2 aromatic carbocycles. The molecule has 3 rings (SSSR count). The van der Waals surface area contributed by atoms with Crippen LogP contribution >= 0.6 is 0 Å². The van der Waals surface area contributed by atoms with Crippen molar-refractivity contribution in [3.8, 4) is 5.75 Å². The lowest BCUT2D eigenvalue weighted by Crippen LogP contribution is -2.24. The molecule has 0 aliphatic carbocycles. The number of aromatic hydroxyl groups is 1. The summed E-state index contributed by atoms with van der Waals surface area (Å²) < 4.78 is 16.7. The molecule has 1 heterocycles. The van der Waals surface area contributed by atoms with E-state index in [-0.39, 0.29) is 17.8 Å². The number of nitrogens with zero attached hydrogens (tertiary/aromatic N) is 2. The molecule has 0 fully saturated rings. The molecule has 0 atom stereocenters. The topological polar surface area (TPSA) is 76.3 Å².